The van der Waals surface area contributed by atoms with E-state index in [4.69, 9.17) is 4.98 Å². The normalized spacial score (nSPS) is 16.9. The number of amides is 1. The molecule has 1 N–H and O–H groups in total. The lowest BCUT2D eigenvalue weighted by atomic mass is 9.91. The summed E-state index contributed by atoms with van der Waals surface area (Å²) < 4.78 is 0. The van der Waals surface area contributed by atoms with Crippen LogP contribution >= 0.6 is 0 Å². The molecule has 0 fully saturated rings. The van der Waals surface area contributed by atoms with Crippen molar-refractivity contribution in [1.82, 2.24) is 20.3 Å². The average molecular weight is 372 g/mol. The molecule has 2 aromatic heterocycles. The first-order valence-corrected chi connectivity index (χ1v) is 9.75. The highest BCUT2D eigenvalue weighted by Crippen LogP contribution is 2.30. The van der Waals surface area contributed by atoms with E-state index in [1.54, 1.807) is 12.4 Å². The summed E-state index contributed by atoms with van der Waals surface area (Å²) in [4.78, 5) is 26.2. The molecule has 2 unspecified atom stereocenters. The van der Waals surface area contributed by atoms with Crippen LogP contribution in [0.4, 0.5) is 0 Å². The molecule has 0 spiro atoms. The van der Waals surface area contributed by atoms with Gasteiger partial charge in [0.1, 0.15) is 0 Å². The minimum absolute atomic E-state index is 0.0318. The molecule has 1 aliphatic rings. The van der Waals surface area contributed by atoms with E-state index in [9.17, 15) is 4.79 Å². The molecule has 1 aliphatic carbocycles. The molecular formula is C23H24N4O. The summed E-state index contributed by atoms with van der Waals surface area (Å²) in [7, 11) is 0. The Morgan fingerprint density at radius 3 is 2.64 bits per heavy atom. The number of carbonyl (C=O) groups is 1. The van der Waals surface area contributed by atoms with E-state index in [1.165, 1.54) is 5.56 Å². The van der Waals surface area contributed by atoms with Gasteiger partial charge in [0.2, 0.25) is 5.91 Å². The Balaban J connectivity index is 1.53. The predicted octanol–water partition coefficient (Wildman–Crippen LogP) is 4.14. The van der Waals surface area contributed by atoms with E-state index in [1.807, 2.05) is 56.4 Å². The number of nitrogens with zero attached hydrogens (tertiary/aromatic N) is 3. The molecule has 3 aromatic rings. The van der Waals surface area contributed by atoms with E-state index in [2.05, 4.69) is 15.3 Å². The summed E-state index contributed by atoms with van der Waals surface area (Å²) in [6.07, 6.45) is 8.19. The highest BCUT2D eigenvalue weighted by molar-refractivity contribution is 5.83. The van der Waals surface area contributed by atoms with Gasteiger partial charge in [0, 0.05) is 35.4 Å². The van der Waals surface area contributed by atoms with Crippen molar-refractivity contribution < 1.29 is 4.79 Å². The average Bonchev–Trinajstić information content (AvgIpc) is 2.74. The van der Waals surface area contributed by atoms with Gasteiger partial charge in [-0.3, -0.25) is 9.78 Å². The van der Waals surface area contributed by atoms with Crippen molar-refractivity contribution >= 4 is 5.91 Å². The third-order valence-electron chi connectivity index (χ3n) is 5.41. The molecular weight excluding hydrogens is 348 g/mol. The van der Waals surface area contributed by atoms with Crippen molar-refractivity contribution in [2.75, 3.05) is 0 Å². The van der Waals surface area contributed by atoms with Crippen LogP contribution in [0.15, 0.2) is 55.0 Å². The quantitative estimate of drug-likeness (QED) is 0.747. The topological polar surface area (TPSA) is 67.8 Å². The Labute approximate surface area is 165 Å². The molecule has 0 aliphatic heterocycles. The van der Waals surface area contributed by atoms with Crippen molar-refractivity contribution in [2.24, 2.45) is 0 Å². The number of rotatable bonds is 4. The van der Waals surface area contributed by atoms with Gasteiger partial charge in [0.25, 0.3) is 0 Å². The molecule has 2 heterocycles. The van der Waals surface area contributed by atoms with E-state index >= 15 is 0 Å². The minimum Gasteiger partial charge on any atom is -0.349 e. The summed E-state index contributed by atoms with van der Waals surface area (Å²) in [5, 5.41) is 3.22. The Bertz CT molecular complexity index is 970. The number of hydrogen-bond donors (Lipinski definition) is 1. The molecule has 2 atom stereocenters. The van der Waals surface area contributed by atoms with Gasteiger partial charge in [-0.2, -0.15) is 0 Å². The summed E-state index contributed by atoms with van der Waals surface area (Å²) in [6.45, 7) is 4.00. The van der Waals surface area contributed by atoms with Crippen molar-refractivity contribution in [3.63, 3.8) is 0 Å². The number of fused-ring (bicyclic) bond motifs is 1. The molecule has 1 aromatic carbocycles. The van der Waals surface area contributed by atoms with Crippen molar-refractivity contribution in [3.05, 3.63) is 77.4 Å². The zero-order valence-electron chi connectivity index (χ0n) is 16.2. The van der Waals surface area contributed by atoms with Crippen LogP contribution in [0.1, 0.15) is 54.1 Å². The van der Waals surface area contributed by atoms with Gasteiger partial charge in [-0.05, 0) is 50.8 Å². The third-order valence-corrected chi connectivity index (χ3v) is 5.41. The maximum absolute atomic E-state index is 12.8. The number of carbonyl (C=O) groups excluding carboxylic acids is 1. The van der Waals surface area contributed by atoms with E-state index in [-0.39, 0.29) is 17.9 Å². The molecule has 5 nitrogen and oxygen atoms in total. The molecule has 4 rings (SSSR count). The standard InChI is InChI=1S/C23H24N4O/c1-15-6-8-17(9-7-15)16(2)23(28)27-21-5-3-4-20-19(21)14-25-22(26-20)18-10-12-24-13-11-18/h6-14,16,21H,3-5H2,1-2H3,(H,27,28). The van der Waals surface area contributed by atoms with E-state index < -0.39 is 0 Å². The number of hydrogen-bond acceptors (Lipinski definition) is 4. The van der Waals surface area contributed by atoms with Crippen LogP contribution in [0.25, 0.3) is 11.4 Å². The molecule has 0 saturated heterocycles. The van der Waals surface area contributed by atoms with Gasteiger partial charge in [0.05, 0.1) is 12.0 Å². The SMILES string of the molecule is Cc1ccc(C(C)C(=O)NC2CCCc3nc(-c4ccncc4)ncc32)cc1. The van der Waals surface area contributed by atoms with Gasteiger partial charge in [0.15, 0.2) is 5.82 Å². The van der Waals surface area contributed by atoms with E-state index in [0.29, 0.717) is 5.82 Å². The summed E-state index contributed by atoms with van der Waals surface area (Å²) in [5.74, 6) is 0.559. The first kappa shape index (κ1) is 18.3. The van der Waals surface area contributed by atoms with Crippen LogP contribution in [-0.2, 0) is 11.2 Å². The lowest BCUT2D eigenvalue weighted by Gasteiger charge is -2.27. The monoisotopic (exact) mass is 372 g/mol. The Morgan fingerprint density at radius 1 is 1.14 bits per heavy atom. The second-order valence-corrected chi connectivity index (χ2v) is 7.42. The second kappa shape index (κ2) is 7.89. The fraction of sp³-hybridized carbons (Fsp3) is 0.304. The first-order valence-electron chi connectivity index (χ1n) is 9.75. The lowest BCUT2D eigenvalue weighted by molar-refractivity contribution is -0.123. The Morgan fingerprint density at radius 2 is 1.89 bits per heavy atom. The summed E-state index contributed by atoms with van der Waals surface area (Å²) >= 11 is 0. The Hall–Kier alpha value is -3.08. The number of aromatic nitrogens is 3. The maximum Gasteiger partial charge on any atom is 0.227 e. The second-order valence-electron chi connectivity index (χ2n) is 7.42. The molecule has 0 radical (unpaired) electrons. The number of nitrogens with one attached hydrogen (secondary N) is 1. The minimum atomic E-state index is -0.192. The van der Waals surface area contributed by atoms with Gasteiger partial charge in [-0.15, -0.1) is 0 Å². The van der Waals surface area contributed by atoms with E-state index in [0.717, 1.165) is 41.6 Å². The van der Waals surface area contributed by atoms with Gasteiger partial charge in [-0.1, -0.05) is 29.8 Å². The fourth-order valence-electron chi connectivity index (χ4n) is 3.64. The third kappa shape index (κ3) is 3.79. The number of aryl methyl sites for hydroxylation is 2. The smallest absolute Gasteiger partial charge is 0.227 e. The zero-order chi connectivity index (χ0) is 19.5. The lowest BCUT2D eigenvalue weighted by Crippen LogP contribution is -2.34. The van der Waals surface area contributed by atoms with Crippen LogP contribution in [-0.4, -0.2) is 20.9 Å². The highest BCUT2D eigenvalue weighted by atomic mass is 16.1. The number of pyridine rings is 1. The molecule has 28 heavy (non-hydrogen) atoms. The van der Waals surface area contributed by atoms with Crippen molar-refractivity contribution in [2.45, 2.75) is 45.1 Å². The summed E-state index contributed by atoms with van der Waals surface area (Å²) in [5.41, 5.74) is 5.25. The van der Waals surface area contributed by atoms with Crippen molar-refractivity contribution in [1.29, 1.82) is 0 Å². The zero-order valence-corrected chi connectivity index (χ0v) is 16.2. The van der Waals surface area contributed by atoms with Crippen LogP contribution in [0, 0.1) is 6.92 Å². The predicted molar refractivity (Wildman–Crippen MR) is 109 cm³/mol. The molecule has 0 saturated carbocycles. The Kier molecular flexibility index (Phi) is 5.15. The largest absolute Gasteiger partial charge is 0.349 e. The van der Waals surface area contributed by atoms with Gasteiger partial charge in [-0.25, -0.2) is 9.97 Å². The molecule has 0 bridgehead atoms. The molecule has 1 amide bonds. The summed E-state index contributed by atoms with van der Waals surface area (Å²) in [6, 6.07) is 11.9. The number of benzene rings is 1. The van der Waals surface area contributed by atoms with Crippen molar-refractivity contribution in [3.8, 4) is 11.4 Å². The van der Waals surface area contributed by atoms with Gasteiger partial charge < -0.3 is 5.32 Å². The highest BCUT2D eigenvalue weighted by Gasteiger charge is 2.26. The van der Waals surface area contributed by atoms with Crippen LogP contribution in [0.2, 0.25) is 0 Å². The molecule has 5 heteroatoms. The molecule has 142 valence electrons. The van der Waals surface area contributed by atoms with Crippen LogP contribution in [0.3, 0.4) is 0 Å². The van der Waals surface area contributed by atoms with Crippen LogP contribution in [0.5, 0.6) is 0 Å². The fourth-order valence-corrected chi connectivity index (χ4v) is 3.64. The van der Waals surface area contributed by atoms with Gasteiger partial charge >= 0.3 is 0 Å². The first-order chi connectivity index (χ1) is 13.6. The van der Waals surface area contributed by atoms with Crippen LogP contribution < -0.4 is 5.32 Å². The maximum atomic E-state index is 12.8.